The van der Waals surface area contributed by atoms with Crippen LogP contribution >= 0.6 is 11.6 Å². The van der Waals surface area contributed by atoms with Gasteiger partial charge in [-0.15, -0.1) is 0 Å². The van der Waals surface area contributed by atoms with Crippen molar-refractivity contribution in [3.8, 4) is 28.7 Å². The van der Waals surface area contributed by atoms with Gasteiger partial charge in [-0.05, 0) is 61.0 Å². The molecule has 0 saturated carbocycles. The van der Waals surface area contributed by atoms with Gasteiger partial charge in [-0.2, -0.15) is 0 Å². The van der Waals surface area contributed by atoms with Gasteiger partial charge < -0.3 is 23.7 Å². The first kappa shape index (κ1) is 26.6. The topological polar surface area (TPSA) is 111 Å². The lowest BCUT2D eigenvalue weighted by atomic mass is 10.1. The van der Waals surface area contributed by atoms with E-state index in [0.717, 1.165) is 10.5 Å². The second-order valence-corrected chi connectivity index (χ2v) is 8.69. The van der Waals surface area contributed by atoms with Gasteiger partial charge in [-0.3, -0.25) is 9.69 Å². The maximum atomic E-state index is 12.9. The van der Waals surface area contributed by atoms with Crippen LogP contribution < -0.4 is 14.2 Å². The Morgan fingerprint density at radius 2 is 1.74 bits per heavy atom. The van der Waals surface area contributed by atoms with E-state index in [1.165, 1.54) is 19.4 Å². The average Bonchev–Trinajstić information content (AvgIpc) is 3.40. The fourth-order valence-corrected chi connectivity index (χ4v) is 3.76. The van der Waals surface area contributed by atoms with Crippen LogP contribution in [-0.2, 0) is 11.4 Å². The summed E-state index contributed by atoms with van der Waals surface area (Å²) in [5, 5.41) is 10.0. The molecule has 0 fully saturated rings. The smallest absolute Gasteiger partial charge is 0.416 e. The lowest BCUT2D eigenvalue weighted by Crippen LogP contribution is -2.39. The van der Waals surface area contributed by atoms with E-state index in [9.17, 15) is 14.7 Å². The monoisotopic (exact) mass is 536 g/mol. The largest absolute Gasteiger partial charge is 0.497 e. The maximum absolute atomic E-state index is 12.9. The molecule has 0 aliphatic heterocycles. The third-order valence-corrected chi connectivity index (χ3v) is 5.88. The standard InChI is InChI=1S/C28H25ClN2O7/c1-18(31(15-26(32)33)28(34)38-25-8-4-6-23(14-25)35-2)20-5-3-7-24(13-20)36-16-22-17-37-27(30-22)19-9-11-21(29)12-10-19/h3-14,17-18H,15-16H2,1-2H3,(H,32,33)/t18-/m0/s1. The number of aliphatic carboxylic acids is 1. The normalized spacial score (nSPS) is 11.4. The molecule has 4 rings (SSSR count). The highest BCUT2D eigenvalue weighted by Crippen LogP contribution is 2.27. The van der Waals surface area contributed by atoms with Crippen LogP contribution in [0.4, 0.5) is 4.79 Å². The molecular weight excluding hydrogens is 512 g/mol. The number of rotatable bonds is 10. The zero-order chi connectivity index (χ0) is 27.1. The summed E-state index contributed by atoms with van der Waals surface area (Å²) in [5.74, 6) is 0.530. The summed E-state index contributed by atoms with van der Waals surface area (Å²) in [4.78, 5) is 30.0. The summed E-state index contributed by atoms with van der Waals surface area (Å²) < 4.78 is 22.0. The Hall–Kier alpha value is -4.50. The second kappa shape index (κ2) is 12.2. The molecule has 4 aromatic rings. The van der Waals surface area contributed by atoms with Gasteiger partial charge in [0, 0.05) is 16.7 Å². The van der Waals surface area contributed by atoms with Crippen molar-refractivity contribution in [1.82, 2.24) is 9.88 Å². The van der Waals surface area contributed by atoms with Crippen molar-refractivity contribution in [2.24, 2.45) is 0 Å². The maximum Gasteiger partial charge on any atom is 0.416 e. The highest BCUT2D eigenvalue weighted by atomic mass is 35.5. The van der Waals surface area contributed by atoms with Gasteiger partial charge in [0.15, 0.2) is 0 Å². The number of ether oxygens (including phenoxy) is 3. The molecule has 9 nitrogen and oxygen atoms in total. The quantitative estimate of drug-likeness (QED) is 0.254. The average molecular weight is 537 g/mol. The number of carboxylic acid groups (broad SMARTS) is 1. The SMILES string of the molecule is COc1cccc(OC(=O)N(CC(=O)O)[C@@H](C)c2cccc(OCc3coc(-c4ccc(Cl)cc4)n3)c2)c1. The number of hydrogen-bond acceptors (Lipinski definition) is 7. The highest BCUT2D eigenvalue weighted by molar-refractivity contribution is 6.30. The van der Waals surface area contributed by atoms with E-state index < -0.39 is 24.6 Å². The van der Waals surface area contributed by atoms with Gasteiger partial charge in [0.05, 0.1) is 13.2 Å². The van der Waals surface area contributed by atoms with Crippen LogP contribution in [0.25, 0.3) is 11.5 Å². The molecule has 0 unspecified atom stereocenters. The van der Waals surface area contributed by atoms with Gasteiger partial charge in [0.25, 0.3) is 0 Å². The van der Waals surface area contributed by atoms with Gasteiger partial charge in [0.1, 0.15) is 42.4 Å². The van der Waals surface area contributed by atoms with E-state index in [1.807, 2.05) is 12.1 Å². The molecular formula is C28H25ClN2O7. The lowest BCUT2D eigenvalue weighted by Gasteiger charge is -2.27. The Morgan fingerprint density at radius 1 is 1.03 bits per heavy atom. The number of carbonyl (C=O) groups excluding carboxylic acids is 1. The third kappa shape index (κ3) is 6.83. The zero-order valence-electron chi connectivity index (χ0n) is 20.7. The molecule has 0 aliphatic carbocycles. The van der Waals surface area contributed by atoms with Crippen molar-refractivity contribution in [3.63, 3.8) is 0 Å². The number of nitrogens with zero attached hydrogens (tertiary/aromatic N) is 2. The molecule has 1 atom stereocenters. The Labute approximate surface area is 224 Å². The molecule has 1 amide bonds. The van der Waals surface area contributed by atoms with E-state index >= 15 is 0 Å². The summed E-state index contributed by atoms with van der Waals surface area (Å²) in [7, 11) is 1.50. The van der Waals surface area contributed by atoms with Gasteiger partial charge in [-0.25, -0.2) is 9.78 Å². The fraction of sp³-hybridized carbons (Fsp3) is 0.179. The Morgan fingerprint density at radius 3 is 2.47 bits per heavy atom. The van der Waals surface area contributed by atoms with E-state index in [2.05, 4.69) is 4.98 Å². The predicted molar refractivity (Wildman–Crippen MR) is 139 cm³/mol. The first-order chi connectivity index (χ1) is 18.3. The van der Waals surface area contributed by atoms with E-state index in [4.69, 9.17) is 30.2 Å². The Balaban J connectivity index is 1.44. The molecule has 0 saturated heterocycles. The highest BCUT2D eigenvalue weighted by Gasteiger charge is 2.26. The number of benzene rings is 3. The molecule has 3 aromatic carbocycles. The summed E-state index contributed by atoms with van der Waals surface area (Å²) in [6.45, 7) is 1.30. The minimum absolute atomic E-state index is 0.144. The van der Waals surface area contributed by atoms with Gasteiger partial charge >= 0.3 is 12.1 Å². The minimum Gasteiger partial charge on any atom is -0.497 e. The number of carbonyl (C=O) groups is 2. The number of hydrogen-bond donors (Lipinski definition) is 1. The second-order valence-electron chi connectivity index (χ2n) is 8.26. The summed E-state index contributed by atoms with van der Waals surface area (Å²) in [6, 6.07) is 20.0. The van der Waals surface area contributed by atoms with E-state index in [-0.39, 0.29) is 12.4 Å². The number of methoxy groups -OCH3 is 1. The molecule has 10 heteroatoms. The molecule has 0 spiro atoms. The summed E-state index contributed by atoms with van der Waals surface area (Å²) in [6.07, 6.45) is 0.705. The number of amides is 1. The first-order valence-electron chi connectivity index (χ1n) is 11.6. The first-order valence-corrected chi connectivity index (χ1v) is 12.0. The van der Waals surface area contributed by atoms with Crippen molar-refractivity contribution in [1.29, 1.82) is 0 Å². The van der Waals surface area contributed by atoms with Crippen LogP contribution in [0, 0.1) is 0 Å². The molecule has 1 N–H and O–H groups in total. The van der Waals surface area contributed by atoms with Crippen molar-refractivity contribution in [3.05, 3.63) is 95.3 Å². The van der Waals surface area contributed by atoms with Crippen molar-refractivity contribution in [2.75, 3.05) is 13.7 Å². The van der Waals surface area contributed by atoms with Crippen LogP contribution in [0.2, 0.25) is 5.02 Å². The molecule has 1 aromatic heterocycles. The molecule has 38 heavy (non-hydrogen) atoms. The number of oxazole rings is 1. The van der Waals surface area contributed by atoms with Crippen LogP contribution in [0.3, 0.4) is 0 Å². The molecule has 196 valence electrons. The number of halogens is 1. The van der Waals surface area contributed by atoms with E-state index in [0.29, 0.717) is 33.7 Å². The summed E-state index contributed by atoms with van der Waals surface area (Å²) >= 11 is 5.93. The number of aromatic nitrogens is 1. The fourth-order valence-electron chi connectivity index (χ4n) is 3.63. The molecule has 0 bridgehead atoms. The van der Waals surface area contributed by atoms with Crippen LogP contribution in [0.1, 0.15) is 24.2 Å². The van der Waals surface area contributed by atoms with Crippen LogP contribution in [0.15, 0.2) is 83.5 Å². The lowest BCUT2D eigenvalue weighted by molar-refractivity contribution is -0.138. The van der Waals surface area contributed by atoms with Gasteiger partial charge in [-0.1, -0.05) is 29.8 Å². The third-order valence-electron chi connectivity index (χ3n) is 5.62. The van der Waals surface area contributed by atoms with E-state index in [1.54, 1.807) is 61.5 Å². The molecule has 1 heterocycles. The van der Waals surface area contributed by atoms with Crippen LogP contribution in [-0.4, -0.2) is 40.7 Å². The molecule has 0 radical (unpaired) electrons. The minimum atomic E-state index is -1.17. The summed E-state index contributed by atoms with van der Waals surface area (Å²) in [5.41, 5.74) is 2.03. The van der Waals surface area contributed by atoms with Crippen molar-refractivity contribution in [2.45, 2.75) is 19.6 Å². The Bertz CT molecular complexity index is 1400. The van der Waals surface area contributed by atoms with Crippen LogP contribution in [0.5, 0.6) is 17.2 Å². The van der Waals surface area contributed by atoms with Crippen molar-refractivity contribution >= 4 is 23.7 Å². The number of carboxylic acids is 1. The predicted octanol–water partition coefficient (Wildman–Crippen LogP) is 6.23. The molecule has 0 aliphatic rings. The van der Waals surface area contributed by atoms with Gasteiger partial charge in [0.2, 0.25) is 5.89 Å². The zero-order valence-corrected chi connectivity index (χ0v) is 21.4. The van der Waals surface area contributed by atoms with Crippen molar-refractivity contribution < 1.29 is 33.3 Å². The Kier molecular flexibility index (Phi) is 8.50.